The Labute approximate surface area is 403 Å². The molecule has 19 nitrogen and oxygen atoms in total. The van der Waals surface area contributed by atoms with Crippen molar-refractivity contribution in [2.75, 3.05) is 26.0 Å². The number of rotatable bonds is 11. The average molecular weight is 972 g/mol. The Morgan fingerprint density at radius 3 is 2.43 bits per heavy atom. The van der Waals surface area contributed by atoms with E-state index in [4.69, 9.17) is 29.5 Å². The number of anilines is 1. The first kappa shape index (κ1) is 54.8. The number of cyclic esters (lactones) is 1. The van der Waals surface area contributed by atoms with Crippen LogP contribution in [0.4, 0.5) is 5.82 Å². The molecule has 5 heterocycles. The van der Waals surface area contributed by atoms with Crippen LogP contribution in [0.3, 0.4) is 0 Å². The summed E-state index contributed by atoms with van der Waals surface area (Å²) in [4.78, 5) is 75.7. The van der Waals surface area contributed by atoms with Crippen molar-refractivity contribution >= 4 is 52.1 Å². The molecule has 5 rings (SSSR count). The number of thiazole rings is 1. The van der Waals surface area contributed by atoms with Gasteiger partial charge in [0.15, 0.2) is 18.7 Å². The predicted octanol–water partition coefficient (Wildman–Crippen LogP) is 4.44. The summed E-state index contributed by atoms with van der Waals surface area (Å²) in [5.74, 6) is -5.72. The van der Waals surface area contributed by atoms with Gasteiger partial charge in [-0.05, 0) is 105 Å². The lowest BCUT2D eigenvalue weighted by atomic mass is 9.68. The van der Waals surface area contributed by atoms with Crippen LogP contribution in [0.25, 0.3) is 10.6 Å². The van der Waals surface area contributed by atoms with Crippen LogP contribution in [0, 0.1) is 23.7 Å². The van der Waals surface area contributed by atoms with Gasteiger partial charge in [0.1, 0.15) is 28.6 Å². The zero-order valence-electron chi connectivity index (χ0n) is 41.6. The second kappa shape index (κ2) is 22.7. The number of likely N-dealkylation sites (N-methyl/N-ethyl adjacent to an activating group) is 1. The molecule has 20 heteroatoms. The average Bonchev–Trinajstić information content (AvgIpc) is 3.75. The number of carbonyl (C=O) groups excluding carboxylic acids is 4. The summed E-state index contributed by atoms with van der Waals surface area (Å²) in [7, 11) is 3.67. The Hall–Kier alpha value is -4.12. The molecule has 0 aliphatic carbocycles. The van der Waals surface area contributed by atoms with E-state index in [0.717, 1.165) is 12.5 Å². The first-order chi connectivity index (χ1) is 31.8. The highest BCUT2D eigenvalue weighted by Gasteiger charge is 2.55. The molecule has 2 aromatic heterocycles. The SMILES string of the molecule is CCC(=O)N=C1[C@H](C)C[C@@]2(C)OC/C(=N/OCc3ccc(-c4nc(NC(=O)[C@H](C)N)cs4)cn3)CC[C@H]([C@H]1C)[C@](C)(O)[C@@H](CC)OC(=O)[C@@](C)(O)C(=O)[C@H](C)[C@H]2O[C@@H]1O[C@H](C)C[C@H](N(C)C)[C@H]1O. The smallest absolute Gasteiger partial charge is 0.346 e. The van der Waals surface area contributed by atoms with Gasteiger partial charge in [-0.1, -0.05) is 39.8 Å². The first-order valence-electron chi connectivity index (χ1n) is 23.6. The number of aliphatic hydroxyl groups is 3. The number of esters is 1. The van der Waals surface area contributed by atoms with Crippen molar-refractivity contribution in [2.45, 2.75) is 174 Å². The van der Waals surface area contributed by atoms with E-state index in [2.05, 4.69) is 25.4 Å². The van der Waals surface area contributed by atoms with Crippen molar-refractivity contribution in [3.63, 3.8) is 0 Å². The van der Waals surface area contributed by atoms with Crippen LogP contribution in [0.1, 0.15) is 113 Å². The number of nitrogens with zero attached hydrogens (tertiary/aromatic N) is 5. The van der Waals surface area contributed by atoms with Gasteiger partial charge in [-0.15, -0.1) is 11.3 Å². The summed E-state index contributed by atoms with van der Waals surface area (Å²) in [6.07, 6.45) is -2.51. The predicted molar refractivity (Wildman–Crippen MR) is 256 cm³/mol. The van der Waals surface area contributed by atoms with Gasteiger partial charge in [0.2, 0.25) is 17.4 Å². The number of aliphatic hydroxyl groups excluding tert-OH is 1. The van der Waals surface area contributed by atoms with Crippen LogP contribution in [0.15, 0.2) is 33.9 Å². The number of aromatic nitrogens is 2. The Kier molecular flexibility index (Phi) is 18.3. The molecule has 2 bridgehead atoms. The number of nitrogens with one attached hydrogen (secondary N) is 1. The van der Waals surface area contributed by atoms with E-state index in [-0.39, 0.29) is 69.3 Å². The van der Waals surface area contributed by atoms with Gasteiger partial charge in [0.25, 0.3) is 0 Å². The molecule has 2 amide bonds. The highest BCUT2D eigenvalue weighted by Crippen LogP contribution is 2.43. The Balaban J connectivity index is 1.60. The van der Waals surface area contributed by atoms with E-state index >= 15 is 0 Å². The molecular weight excluding hydrogens is 899 g/mol. The Morgan fingerprint density at radius 2 is 1.81 bits per heavy atom. The van der Waals surface area contributed by atoms with Gasteiger partial charge in [-0.2, -0.15) is 0 Å². The fourth-order valence-electron chi connectivity index (χ4n) is 9.72. The minimum atomic E-state index is -2.70. The first-order valence-corrected chi connectivity index (χ1v) is 24.5. The van der Waals surface area contributed by atoms with E-state index in [1.54, 1.807) is 52.3 Å². The number of pyridine rings is 1. The van der Waals surface area contributed by atoms with Gasteiger partial charge in [0, 0.05) is 47.2 Å². The summed E-state index contributed by atoms with van der Waals surface area (Å²) < 4.78 is 25.9. The second-order valence-electron chi connectivity index (χ2n) is 19.6. The number of hydrogen-bond acceptors (Lipinski definition) is 18. The minimum Gasteiger partial charge on any atom is -0.457 e. The maximum atomic E-state index is 14.7. The van der Waals surface area contributed by atoms with Crippen LogP contribution in [0.2, 0.25) is 0 Å². The second-order valence-corrected chi connectivity index (χ2v) is 20.4. The van der Waals surface area contributed by atoms with E-state index in [0.29, 0.717) is 34.4 Å². The molecule has 6 N–H and O–H groups in total. The molecule has 3 fully saturated rings. The molecule has 0 saturated carbocycles. The lowest BCUT2D eigenvalue weighted by Crippen LogP contribution is -2.61. The highest BCUT2D eigenvalue weighted by atomic mass is 32.1. The monoisotopic (exact) mass is 972 g/mol. The van der Waals surface area contributed by atoms with Gasteiger partial charge >= 0.3 is 5.97 Å². The third-order valence-electron chi connectivity index (χ3n) is 13.7. The van der Waals surface area contributed by atoms with Crippen molar-refractivity contribution in [3.8, 4) is 10.6 Å². The molecule has 378 valence electrons. The normalized spacial score (nSPS) is 36.1. The van der Waals surface area contributed by atoms with Crippen molar-refractivity contribution in [3.05, 3.63) is 29.4 Å². The number of Topliss-reactive ketones (excluding diaryl/α,β-unsaturated/α-hetero) is 1. The lowest BCUT2D eigenvalue weighted by molar-refractivity contribution is -0.296. The molecule has 0 unspecified atom stereocenters. The number of fused-ring (bicyclic) bond motifs is 5. The number of carbonyl (C=O) groups is 4. The summed E-state index contributed by atoms with van der Waals surface area (Å²) in [5.41, 5.74) is 1.82. The van der Waals surface area contributed by atoms with E-state index < -0.39 is 82.9 Å². The van der Waals surface area contributed by atoms with Crippen LogP contribution in [-0.4, -0.2) is 145 Å². The van der Waals surface area contributed by atoms with Crippen molar-refractivity contribution < 1.29 is 58.3 Å². The summed E-state index contributed by atoms with van der Waals surface area (Å²) in [6.45, 7) is 16.3. The van der Waals surface area contributed by atoms with Crippen molar-refractivity contribution in [1.29, 1.82) is 0 Å². The summed E-state index contributed by atoms with van der Waals surface area (Å²) in [6, 6.07) is 2.52. The summed E-state index contributed by atoms with van der Waals surface area (Å²) in [5, 5.41) is 45.9. The topological polar surface area (TPSA) is 267 Å². The number of oxime groups is 1. The maximum absolute atomic E-state index is 14.7. The molecule has 0 aromatic carbocycles. The quantitative estimate of drug-likeness (QED) is 0.118. The van der Waals surface area contributed by atoms with Gasteiger partial charge in [0.05, 0.1) is 41.9 Å². The zero-order chi connectivity index (χ0) is 50.5. The third kappa shape index (κ3) is 12.6. The molecule has 3 aliphatic heterocycles. The molecule has 3 aliphatic rings. The number of hydrogen-bond donors (Lipinski definition) is 5. The molecule has 0 spiro atoms. The minimum absolute atomic E-state index is 0.0402. The van der Waals surface area contributed by atoms with Gasteiger partial charge in [-0.3, -0.25) is 19.4 Å². The number of ether oxygens (including phenoxy) is 4. The van der Waals surface area contributed by atoms with Crippen LogP contribution in [0.5, 0.6) is 0 Å². The largest absolute Gasteiger partial charge is 0.457 e. The highest BCUT2D eigenvalue weighted by molar-refractivity contribution is 7.13. The Bertz CT molecular complexity index is 2140. The van der Waals surface area contributed by atoms with Gasteiger partial charge < -0.3 is 55.1 Å². The molecular formula is C48H73N7O12S. The molecule has 0 radical (unpaired) electrons. The number of ketones is 1. The van der Waals surface area contributed by atoms with Crippen LogP contribution >= 0.6 is 11.3 Å². The molecule has 3 saturated heterocycles. The zero-order valence-corrected chi connectivity index (χ0v) is 42.4. The van der Waals surface area contributed by atoms with Crippen LogP contribution in [-0.2, 0) is 49.6 Å². The number of aliphatic imine (C=N–C) groups is 1. The molecule has 14 atom stereocenters. The molecule has 68 heavy (non-hydrogen) atoms. The van der Waals surface area contributed by atoms with Gasteiger partial charge in [-0.25, -0.2) is 14.8 Å². The lowest BCUT2D eigenvalue weighted by Gasteiger charge is -2.48. The summed E-state index contributed by atoms with van der Waals surface area (Å²) >= 11 is 1.34. The van der Waals surface area contributed by atoms with E-state index in [1.807, 2.05) is 45.8 Å². The number of nitrogens with two attached hydrogens (primary N) is 1. The maximum Gasteiger partial charge on any atom is 0.346 e. The standard InChI is InChI=1S/C48H73N7O12S/c1-13-35-47(9,61)33-18-17-32(54-64-23-31-16-15-30(21-50-31)43-52-36(24-68-43)51-42(59)29(7)49)22-63-46(8,20-25(3)38(27(33)5)53-37(56)14-2)41(28(6)40(58)48(10,62)45(60)66-35)67-44-39(57)34(55(11)12)19-26(4)65-44/h15-16,21,24-29,33-35,39,41,44,57,61-62H,13-14,17-20,22-23,49H2,1-12H3,(H,51,59)/b53-38?,54-32+/t25-,26-,27-,28+,29+,33-,34+,35-,39-,41-,44+,46-,47+,48+/m1/s1. The van der Waals surface area contributed by atoms with Crippen LogP contribution < -0.4 is 11.1 Å². The number of amides is 2. The van der Waals surface area contributed by atoms with E-state index in [1.165, 1.54) is 18.3 Å². The molecule has 2 aromatic rings. The van der Waals surface area contributed by atoms with Crippen molar-refractivity contribution in [1.82, 2.24) is 14.9 Å². The third-order valence-corrected chi connectivity index (χ3v) is 14.6. The fraction of sp³-hybridized carbons (Fsp3) is 0.708. The van der Waals surface area contributed by atoms with E-state index in [9.17, 15) is 34.5 Å². The fourth-order valence-corrected chi connectivity index (χ4v) is 10.5. The van der Waals surface area contributed by atoms with Crippen molar-refractivity contribution in [2.24, 2.45) is 39.6 Å². The Morgan fingerprint density at radius 1 is 1.10 bits per heavy atom.